The molecule has 184 valence electrons. The third-order valence-electron chi connectivity index (χ3n) is 7.84. The van der Waals surface area contributed by atoms with E-state index in [4.69, 9.17) is 9.97 Å². The van der Waals surface area contributed by atoms with Gasteiger partial charge in [-0.15, -0.1) is 0 Å². The Kier molecular flexibility index (Phi) is 7.00. The first-order chi connectivity index (χ1) is 17.0. The molecule has 5 rings (SSSR count). The first-order valence-electron chi connectivity index (χ1n) is 13.0. The fraction of sp³-hybridized carbons (Fsp3) is 0.483. The van der Waals surface area contributed by atoms with Gasteiger partial charge in [0.15, 0.2) is 0 Å². The van der Waals surface area contributed by atoms with Crippen LogP contribution in [0, 0.1) is 25.7 Å². The lowest BCUT2D eigenvalue weighted by Crippen LogP contribution is -2.47. The van der Waals surface area contributed by atoms with Crippen LogP contribution >= 0.6 is 0 Å². The number of nitrogens with zero attached hydrogens (tertiary/aromatic N) is 4. The second kappa shape index (κ2) is 10.3. The Balaban J connectivity index is 1.13. The average molecular weight is 473 g/mol. The number of aromatic nitrogens is 2. The maximum Gasteiger partial charge on any atom is 0.226 e. The Bertz CT molecular complexity index is 1170. The zero-order chi connectivity index (χ0) is 24.4. The van der Waals surface area contributed by atoms with Crippen LogP contribution in [0.3, 0.4) is 0 Å². The van der Waals surface area contributed by atoms with E-state index in [-0.39, 0.29) is 23.8 Å². The first-order valence-corrected chi connectivity index (χ1v) is 13.0. The lowest BCUT2D eigenvalue weighted by molar-refractivity contribution is -0.138. The molecule has 2 aromatic carbocycles. The minimum absolute atomic E-state index is 0.0706. The maximum absolute atomic E-state index is 13.2. The van der Waals surface area contributed by atoms with Crippen LogP contribution in [0.5, 0.6) is 0 Å². The van der Waals surface area contributed by atoms with E-state index in [1.165, 1.54) is 11.1 Å². The predicted octanol–water partition coefficient (Wildman–Crippen LogP) is 4.31. The van der Waals surface area contributed by atoms with Crippen molar-refractivity contribution in [2.24, 2.45) is 11.8 Å². The van der Waals surface area contributed by atoms with Crippen LogP contribution in [0.1, 0.15) is 42.5 Å². The van der Waals surface area contributed by atoms with Gasteiger partial charge in [0, 0.05) is 37.5 Å². The van der Waals surface area contributed by atoms with Gasteiger partial charge in [0.25, 0.3) is 0 Å². The van der Waals surface area contributed by atoms with Crippen LogP contribution < -0.4 is 4.90 Å². The first kappa shape index (κ1) is 23.7. The third-order valence-corrected chi connectivity index (χ3v) is 7.84. The van der Waals surface area contributed by atoms with Crippen LogP contribution in [-0.4, -0.2) is 58.2 Å². The molecule has 6 heteroatoms. The zero-order valence-electron chi connectivity index (χ0n) is 20.9. The Morgan fingerprint density at radius 1 is 0.971 bits per heavy atom. The topological polar surface area (TPSA) is 69.6 Å². The molecular weight excluding hydrogens is 436 g/mol. The molecule has 2 aliphatic heterocycles. The number of carbonyl (C=O) groups is 1. The molecule has 1 atom stereocenters. The second-order valence-electron chi connectivity index (χ2n) is 10.3. The lowest BCUT2D eigenvalue weighted by Gasteiger charge is -2.38. The quantitative estimate of drug-likeness (QED) is 0.599. The summed E-state index contributed by atoms with van der Waals surface area (Å²) in [4.78, 5) is 27.1. The molecule has 0 saturated carbocycles. The zero-order valence-corrected chi connectivity index (χ0v) is 20.9. The minimum atomic E-state index is -0.341. The van der Waals surface area contributed by atoms with Crippen molar-refractivity contribution in [2.45, 2.75) is 52.1 Å². The Morgan fingerprint density at radius 3 is 2.40 bits per heavy atom. The highest BCUT2D eigenvalue weighted by Gasteiger charge is 2.33. The highest BCUT2D eigenvalue weighted by Crippen LogP contribution is 2.28. The molecule has 1 aromatic heterocycles. The number of aliphatic hydroxyl groups is 1. The lowest BCUT2D eigenvalue weighted by atomic mass is 9.87. The summed E-state index contributed by atoms with van der Waals surface area (Å²) in [6, 6.07) is 16.5. The van der Waals surface area contributed by atoms with Gasteiger partial charge < -0.3 is 14.9 Å². The standard InChI is InChI=1S/C29H36N4O2/c1-20-8-9-26-25(18-20)21(2)30-29(31-26)33-16-12-24(13-17-33)28(35)32-14-10-23(11-15-32)27(34)19-22-6-4-3-5-7-22/h3-9,18,23-24,27,34H,10-17,19H2,1-2H3/t27-/m1/s1. The molecular formula is C29H36N4O2. The molecule has 2 aliphatic rings. The second-order valence-corrected chi connectivity index (χ2v) is 10.3. The van der Waals surface area contributed by atoms with Crippen molar-refractivity contribution in [3.05, 3.63) is 65.4 Å². The normalized spacial score (nSPS) is 18.7. The van der Waals surface area contributed by atoms with Crippen LogP contribution in [0.2, 0.25) is 0 Å². The van der Waals surface area contributed by atoms with Gasteiger partial charge in [0.05, 0.1) is 17.3 Å². The van der Waals surface area contributed by atoms with E-state index in [0.717, 1.165) is 74.4 Å². The number of piperidine rings is 2. The van der Waals surface area contributed by atoms with Gasteiger partial charge in [-0.3, -0.25) is 4.79 Å². The molecule has 0 aliphatic carbocycles. The number of carbonyl (C=O) groups excluding carboxylic acids is 1. The van der Waals surface area contributed by atoms with Crippen molar-refractivity contribution >= 4 is 22.8 Å². The van der Waals surface area contributed by atoms with E-state index >= 15 is 0 Å². The molecule has 0 radical (unpaired) electrons. The molecule has 1 amide bonds. The van der Waals surface area contributed by atoms with Gasteiger partial charge in [-0.25, -0.2) is 9.97 Å². The van der Waals surface area contributed by atoms with E-state index in [1.54, 1.807) is 0 Å². The Labute approximate surface area is 208 Å². The molecule has 0 unspecified atom stereocenters. The predicted molar refractivity (Wildman–Crippen MR) is 139 cm³/mol. The van der Waals surface area contributed by atoms with Crippen LogP contribution in [0.25, 0.3) is 10.9 Å². The highest BCUT2D eigenvalue weighted by molar-refractivity contribution is 5.82. The Hall–Kier alpha value is -2.99. The van der Waals surface area contributed by atoms with Gasteiger partial charge in [-0.2, -0.15) is 0 Å². The summed E-state index contributed by atoms with van der Waals surface area (Å²) in [6.45, 7) is 7.25. The monoisotopic (exact) mass is 472 g/mol. The average Bonchev–Trinajstić information content (AvgIpc) is 2.89. The number of likely N-dealkylation sites (tertiary alicyclic amines) is 1. The van der Waals surface area contributed by atoms with Crippen molar-refractivity contribution in [3.8, 4) is 0 Å². The summed E-state index contributed by atoms with van der Waals surface area (Å²) in [6.07, 6.45) is 3.78. The van der Waals surface area contributed by atoms with Crippen LogP contribution in [-0.2, 0) is 11.2 Å². The van der Waals surface area contributed by atoms with Gasteiger partial charge in [-0.1, -0.05) is 42.0 Å². The fourth-order valence-electron chi connectivity index (χ4n) is 5.63. The summed E-state index contributed by atoms with van der Waals surface area (Å²) in [7, 11) is 0. The third kappa shape index (κ3) is 5.32. The highest BCUT2D eigenvalue weighted by atomic mass is 16.3. The van der Waals surface area contributed by atoms with Gasteiger partial charge in [0.2, 0.25) is 11.9 Å². The summed E-state index contributed by atoms with van der Waals surface area (Å²) >= 11 is 0. The minimum Gasteiger partial charge on any atom is -0.392 e. The fourth-order valence-corrected chi connectivity index (χ4v) is 5.63. The van der Waals surface area contributed by atoms with Crippen LogP contribution in [0.4, 0.5) is 5.95 Å². The van der Waals surface area contributed by atoms with E-state index < -0.39 is 0 Å². The number of rotatable bonds is 5. The number of anilines is 1. The van der Waals surface area contributed by atoms with E-state index in [9.17, 15) is 9.90 Å². The van der Waals surface area contributed by atoms with E-state index in [0.29, 0.717) is 6.42 Å². The van der Waals surface area contributed by atoms with Crippen molar-refractivity contribution in [1.82, 2.24) is 14.9 Å². The SMILES string of the molecule is Cc1ccc2nc(N3CCC(C(=O)N4CCC([C@H](O)Cc5ccccc5)CC4)CC3)nc(C)c2c1. The smallest absolute Gasteiger partial charge is 0.226 e. The number of amides is 1. The summed E-state index contributed by atoms with van der Waals surface area (Å²) in [5.41, 5.74) is 4.37. The summed E-state index contributed by atoms with van der Waals surface area (Å²) in [5, 5.41) is 11.8. The van der Waals surface area contributed by atoms with Gasteiger partial charge in [-0.05, 0) is 69.6 Å². The molecule has 2 saturated heterocycles. The number of fused-ring (bicyclic) bond motifs is 1. The largest absolute Gasteiger partial charge is 0.392 e. The number of hydrogen-bond donors (Lipinski definition) is 1. The molecule has 1 N–H and O–H groups in total. The van der Waals surface area contributed by atoms with Crippen molar-refractivity contribution in [1.29, 1.82) is 0 Å². The molecule has 0 bridgehead atoms. The molecule has 35 heavy (non-hydrogen) atoms. The van der Waals surface area contributed by atoms with Crippen LogP contribution in [0.15, 0.2) is 48.5 Å². The number of hydrogen-bond acceptors (Lipinski definition) is 5. The molecule has 6 nitrogen and oxygen atoms in total. The van der Waals surface area contributed by atoms with Crippen molar-refractivity contribution in [2.75, 3.05) is 31.1 Å². The maximum atomic E-state index is 13.2. The molecule has 0 spiro atoms. The van der Waals surface area contributed by atoms with Crippen molar-refractivity contribution in [3.63, 3.8) is 0 Å². The number of benzene rings is 2. The molecule has 3 heterocycles. The van der Waals surface area contributed by atoms with E-state index in [2.05, 4.69) is 42.2 Å². The molecule has 3 aromatic rings. The van der Waals surface area contributed by atoms with Crippen molar-refractivity contribution < 1.29 is 9.90 Å². The number of aryl methyl sites for hydroxylation is 2. The molecule has 2 fully saturated rings. The number of aliphatic hydroxyl groups excluding tert-OH is 1. The Morgan fingerprint density at radius 2 is 1.69 bits per heavy atom. The summed E-state index contributed by atoms with van der Waals surface area (Å²) in [5.74, 6) is 1.39. The summed E-state index contributed by atoms with van der Waals surface area (Å²) < 4.78 is 0. The van der Waals surface area contributed by atoms with E-state index in [1.807, 2.05) is 30.0 Å². The van der Waals surface area contributed by atoms with Gasteiger partial charge >= 0.3 is 0 Å². The van der Waals surface area contributed by atoms with Gasteiger partial charge in [0.1, 0.15) is 0 Å².